The molecule has 30 heavy (non-hydrogen) atoms. The van der Waals surface area contributed by atoms with Crippen LogP contribution in [0.5, 0.6) is 0 Å². The normalized spacial score (nSPS) is 15.4. The summed E-state index contributed by atoms with van der Waals surface area (Å²) in [5.74, 6) is -0.706. The van der Waals surface area contributed by atoms with Gasteiger partial charge in [0, 0.05) is 40.4 Å². The number of rotatable bonds is 5. The summed E-state index contributed by atoms with van der Waals surface area (Å²) in [4.78, 5) is 14.3. The maximum absolute atomic E-state index is 13.1. The average Bonchev–Trinajstić information content (AvgIpc) is 3.31. The van der Waals surface area contributed by atoms with Gasteiger partial charge in [0.25, 0.3) is 5.91 Å². The van der Waals surface area contributed by atoms with E-state index in [-0.39, 0.29) is 16.3 Å². The Bertz CT molecular complexity index is 1060. The lowest BCUT2D eigenvalue weighted by molar-refractivity contribution is -0.137. The third kappa shape index (κ3) is 4.31. The number of aryl methyl sites for hydroxylation is 1. The molecule has 164 valence electrons. The van der Waals surface area contributed by atoms with Gasteiger partial charge in [-0.3, -0.25) is 4.79 Å². The van der Waals surface area contributed by atoms with E-state index in [4.69, 9.17) is 0 Å². The molecule has 0 aliphatic carbocycles. The predicted octanol–water partition coefficient (Wildman–Crippen LogP) is 3.15. The second-order valence-corrected chi connectivity index (χ2v) is 9.30. The molecule has 0 radical (unpaired) electrons. The highest BCUT2D eigenvalue weighted by Crippen LogP contribution is 2.35. The molecule has 1 N–H and O–H groups in total. The van der Waals surface area contributed by atoms with Crippen LogP contribution in [-0.4, -0.2) is 50.4 Å². The number of aromatic nitrogens is 1. The second-order valence-electron chi connectivity index (χ2n) is 7.36. The molecule has 7 nitrogen and oxygen atoms in total. The summed E-state index contributed by atoms with van der Waals surface area (Å²) >= 11 is 0. The number of sulfonamides is 1. The molecule has 1 amide bonds. The van der Waals surface area contributed by atoms with Crippen LogP contribution in [0.15, 0.2) is 35.4 Å². The largest absolute Gasteiger partial charge is 0.416 e. The Morgan fingerprint density at radius 2 is 1.77 bits per heavy atom. The molecule has 1 aliphatic rings. The number of nitrogens with one attached hydrogen (secondary N) is 1. The van der Waals surface area contributed by atoms with Crippen molar-refractivity contribution in [2.45, 2.75) is 23.9 Å². The van der Waals surface area contributed by atoms with Gasteiger partial charge < -0.3 is 14.8 Å². The Kier molecular flexibility index (Phi) is 5.87. The lowest BCUT2D eigenvalue weighted by atomic mass is 10.1. The van der Waals surface area contributed by atoms with E-state index in [2.05, 4.69) is 5.32 Å². The van der Waals surface area contributed by atoms with Crippen LogP contribution in [-0.2, 0) is 23.2 Å². The lowest BCUT2D eigenvalue weighted by Gasteiger charge is -2.20. The fourth-order valence-electron chi connectivity index (χ4n) is 3.37. The van der Waals surface area contributed by atoms with Crippen LogP contribution < -0.4 is 10.2 Å². The fraction of sp³-hybridized carbons (Fsp3) is 0.421. The third-order valence-electron chi connectivity index (χ3n) is 4.97. The maximum atomic E-state index is 13.1. The Labute approximate surface area is 173 Å². The van der Waals surface area contributed by atoms with Gasteiger partial charge in [0.05, 0.1) is 16.9 Å². The third-order valence-corrected chi connectivity index (χ3v) is 6.83. The van der Waals surface area contributed by atoms with Crippen molar-refractivity contribution >= 4 is 27.3 Å². The van der Waals surface area contributed by atoms with Crippen LogP contribution in [0.2, 0.25) is 0 Å². The molecule has 0 saturated carbocycles. The van der Waals surface area contributed by atoms with Crippen LogP contribution >= 0.6 is 0 Å². The molecule has 1 fully saturated rings. The first-order chi connectivity index (χ1) is 13.9. The van der Waals surface area contributed by atoms with Crippen LogP contribution in [0.1, 0.15) is 28.9 Å². The monoisotopic (exact) mass is 444 g/mol. The zero-order valence-corrected chi connectivity index (χ0v) is 17.6. The topological polar surface area (TPSA) is 74.7 Å². The van der Waals surface area contributed by atoms with Crippen molar-refractivity contribution in [1.29, 1.82) is 0 Å². The van der Waals surface area contributed by atoms with E-state index in [1.54, 1.807) is 19.0 Å². The van der Waals surface area contributed by atoms with Crippen molar-refractivity contribution in [3.63, 3.8) is 0 Å². The summed E-state index contributed by atoms with van der Waals surface area (Å²) in [5.41, 5.74) is -0.511. The molecule has 0 spiro atoms. The summed E-state index contributed by atoms with van der Waals surface area (Å²) in [6.45, 7) is 0.852. The maximum Gasteiger partial charge on any atom is 0.416 e. The van der Waals surface area contributed by atoms with Crippen LogP contribution in [0.3, 0.4) is 0 Å². The molecule has 11 heteroatoms. The van der Waals surface area contributed by atoms with Gasteiger partial charge >= 0.3 is 6.18 Å². The Hall–Kier alpha value is -2.53. The lowest BCUT2D eigenvalue weighted by Crippen LogP contribution is -2.27. The summed E-state index contributed by atoms with van der Waals surface area (Å²) in [6, 6.07) is 4.31. The quantitative estimate of drug-likeness (QED) is 0.769. The molecule has 1 saturated heterocycles. The van der Waals surface area contributed by atoms with E-state index < -0.39 is 27.7 Å². The molecule has 2 aromatic rings. The summed E-state index contributed by atoms with van der Waals surface area (Å²) in [6.07, 6.45) is -1.67. The number of alkyl halides is 3. The van der Waals surface area contributed by atoms with Crippen molar-refractivity contribution in [1.82, 2.24) is 8.87 Å². The Morgan fingerprint density at radius 3 is 2.33 bits per heavy atom. The Balaban J connectivity index is 1.92. The van der Waals surface area contributed by atoms with Crippen molar-refractivity contribution in [3.05, 3.63) is 41.7 Å². The van der Waals surface area contributed by atoms with Crippen molar-refractivity contribution < 1.29 is 26.4 Å². The first-order valence-electron chi connectivity index (χ1n) is 9.27. The molecular weight excluding hydrogens is 421 g/mol. The zero-order chi connectivity index (χ0) is 22.3. The van der Waals surface area contributed by atoms with Crippen LogP contribution in [0, 0.1) is 0 Å². The van der Waals surface area contributed by atoms with Crippen LogP contribution in [0.4, 0.5) is 24.5 Å². The van der Waals surface area contributed by atoms with Crippen LogP contribution in [0.25, 0.3) is 0 Å². The highest BCUT2D eigenvalue weighted by molar-refractivity contribution is 7.89. The molecule has 1 aromatic carbocycles. The van der Waals surface area contributed by atoms with Gasteiger partial charge in [-0.25, -0.2) is 8.42 Å². The number of nitrogens with zero attached hydrogens (tertiary/aromatic N) is 3. The van der Waals surface area contributed by atoms with E-state index in [1.807, 2.05) is 0 Å². The van der Waals surface area contributed by atoms with Gasteiger partial charge in [-0.2, -0.15) is 17.5 Å². The molecule has 1 aromatic heterocycles. The minimum Gasteiger partial charge on any atom is -0.376 e. The summed E-state index contributed by atoms with van der Waals surface area (Å²) in [5, 5.41) is 2.49. The van der Waals surface area contributed by atoms with Gasteiger partial charge in [0.2, 0.25) is 10.0 Å². The van der Waals surface area contributed by atoms with Crippen molar-refractivity contribution in [2.75, 3.05) is 37.4 Å². The van der Waals surface area contributed by atoms with Crippen molar-refractivity contribution in [2.24, 2.45) is 7.05 Å². The SMILES string of the molecule is CN(C)c1ccc(C(F)(F)F)cc1NC(=O)c1cc(S(=O)(=O)N2CCCC2)cn1C. The molecule has 0 unspecified atom stereocenters. The molecule has 0 bridgehead atoms. The summed E-state index contributed by atoms with van der Waals surface area (Å²) in [7, 11) is 1.07. The van der Waals surface area contributed by atoms with Gasteiger partial charge in [-0.1, -0.05) is 0 Å². The fourth-order valence-corrected chi connectivity index (χ4v) is 4.96. The first-order valence-corrected chi connectivity index (χ1v) is 10.7. The highest BCUT2D eigenvalue weighted by Gasteiger charge is 2.32. The predicted molar refractivity (Wildman–Crippen MR) is 107 cm³/mol. The first kappa shape index (κ1) is 22.2. The minimum atomic E-state index is -4.56. The number of hydrogen-bond acceptors (Lipinski definition) is 4. The van der Waals surface area contributed by atoms with Crippen molar-refractivity contribution in [3.8, 4) is 0 Å². The van der Waals surface area contributed by atoms with E-state index in [1.165, 1.54) is 34.2 Å². The van der Waals surface area contributed by atoms with Gasteiger partial charge in [0.15, 0.2) is 0 Å². The number of halogens is 3. The molecular formula is C19H23F3N4O3S. The van der Waals surface area contributed by atoms with Gasteiger partial charge in [-0.15, -0.1) is 0 Å². The molecule has 3 rings (SSSR count). The van der Waals surface area contributed by atoms with Gasteiger partial charge in [0.1, 0.15) is 10.6 Å². The van der Waals surface area contributed by atoms with E-state index >= 15 is 0 Å². The number of carbonyl (C=O) groups excluding carboxylic acids is 1. The highest BCUT2D eigenvalue weighted by atomic mass is 32.2. The molecule has 2 heterocycles. The molecule has 1 aliphatic heterocycles. The smallest absolute Gasteiger partial charge is 0.376 e. The van der Waals surface area contributed by atoms with E-state index in [0.717, 1.165) is 25.0 Å². The average molecular weight is 444 g/mol. The standard InChI is InChI=1S/C19H23F3N4O3S/c1-24(2)16-7-6-13(19(20,21)22)10-15(16)23-18(27)17-11-14(12-25(17)3)30(28,29)26-8-4-5-9-26/h6-7,10-12H,4-5,8-9H2,1-3H3,(H,23,27). The number of amides is 1. The number of hydrogen-bond donors (Lipinski definition) is 1. The number of carbonyl (C=O) groups is 1. The van der Waals surface area contributed by atoms with E-state index in [0.29, 0.717) is 18.8 Å². The van der Waals surface area contributed by atoms with Gasteiger partial charge in [-0.05, 0) is 37.1 Å². The minimum absolute atomic E-state index is 0.0195. The zero-order valence-electron chi connectivity index (χ0n) is 16.8. The van der Waals surface area contributed by atoms with E-state index in [9.17, 15) is 26.4 Å². The summed E-state index contributed by atoms with van der Waals surface area (Å²) < 4.78 is 67.5. The number of benzene rings is 1. The second kappa shape index (κ2) is 7.95. The Morgan fingerprint density at radius 1 is 1.13 bits per heavy atom. The molecule has 0 atom stereocenters. The number of anilines is 2.